The summed E-state index contributed by atoms with van der Waals surface area (Å²) in [6.45, 7) is 2.77. The molecule has 0 aliphatic carbocycles. The summed E-state index contributed by atoms with van der Waals surface area (Å²) in [5.41, 5.74) is 1.12. The van der Waals surface area contributed by atoms with Gasteiger partial charge in [-0.2, -0.15) is 0 Å². The van der Waals surface area contributed by atoms with Crippen molar-refractivity contribution in [3.63, 3.8) is 0 Å². The predicted octanol–water partition coefficient (Wildman–Crippen LogP) is 2.50. The molecule has 0 saturated carbocycles. The van der Waals surface area contributed by atoms with Crippen molar-refractivity contribution in [1.29, 1.82) is 0 Å². The number of fused-ring (bicyclic) bond motifs is 3. The Hall–Kier alpha value is -3.65. The quantitative estimate of drug-likeness (QED) is 0.522. The molecule has 1 fully saturated rings. The van der Waals surface area contributed by atoms with Crippen LogP contribution in [0.15, 0.2) is 62.5 Å². The maximum absolute atomic E-state index is 13.5. The zero-order chi connectivity index (χ0) is 22.2. The van der Waals surface area contributed by atoms with Crippen LogP contribution in [0.1, 0.15) is 18.4 Å². The smallest absolute Gasteiger partial charge is 0.336 e. The Labute approximate surface area is 183 Å². The van der Waals surface area contributed by atoms with Crippen LogP contribution in [-0.4, -0.2) is 34.3 Å². The molecule has 1 amide bonds. The van der Waals surface area contributed by atoms with E-state index in [1.54, 1.807) is 36.4 Å². The van der Waals surface area contributed by atoms with Crippen molar-refractivity contribution >= 4 is 28.0 Å². The van der Waals surface area contributed by atoms with Crippen LogP contribution in [0.25, 0.3) is 27.8 Å². The lowest BCUT2D eigenvalue weighted by molar-refractivity contribution is -0.122. The second-order valence-electron chi connectivity index (χ2n) is 8.06. The van der Waals surface area contributed by atoms with Crippen molar-refractivity contribution in [2.75, 3.05) is 13.2 Å². The Morgan fingerprint density at radius 3 is 2.66 bits per heavy atom. The van der Waals surface area contributed by atoms with E-state index < -0.39 is 11.2 Å². The van der Waals surface area contributed by atoms with Gasteiger partial charge in [-0.25, -0.2) is 9.36 Å². The van der Waals surface area contributed by atoms with Crippen molar-refractivity contribution < 1.29 is 13.9 Å². The van der Waals surface area contributed by atoms with Gasteiger partial charge < -0.3 is 14.5 Å². The van der Waals surface area contributed by atoms with Crippen LogP contribution in [0.3, 0.4) is 0 Å². The monoisotopic (exact) mass is 433 g/mol. The lowest BCUT2D eigenvalue weighted by Crippen LogP contribution is -2.42. The van der Waals surface area contributed by atoms with E-state index in [1.165, 1.54) is 4.57 Å². The van der Waals surface area contributed by atoms with Crippen LogP contribution >= 0.6 is 0 Å². The molecular formula is C24H23N3O5. The molecule has 0 unspecified atom stereocenters. The summed E-state index contributed by atoms with van der Waals surface area (Å²) in [5.74, 6) is -0.330. The van der Waals surface area contributed by atoms with Crippen molar-refractivity contribution in [3.8, 4) is 5.69 Å². The molecule has 5 rings (SSSR count). The number of carbonyl (C=O) groups is 1. The van der Waals surface area contributed by atoms with Crippen LogP contribution in [0, 0.1) is 6.92 Å². The molecular weight excluding hydrogens is 410 g/mol. The lowest BCUT2D eigenvalue weighted by Gasteiger charge is -2.14. The van der Waals surface area contributed by atoms with Crippen molar-refractivity contribution in [2.24, 2.45) is 0 Å². The number of hydrogen-bond acceptors (Lipinski definition) is 5. The molecule has 8 nitrogen and oxygen atoms in total. The first-order valence-corrected chi connectivity index (χ1v) is 10.7. The average molecular weight is 433 g/mol. The minimum Gasteiger partial charge on any atom is -0.449 e. The highest BCUT2D eigenvalue weighted by atomic mass is 16.5. The summed E-state index contributed by atoms with van der Waals surface area (Å²) in [5, 5.41) is 3.46. The van der Waals surface area contributed by atoms with E-state index in [2.05, 4.69) is 5.32 Å². The zero-order valence-corrected chi connectivity index (χ0v) is 17.7. The molecule has 4 aromatic rings. The van der Waals surface area contributed by atoms with Gasteiger partial charge in [0, 0.05) is 18.5 Å². The van der Waals surface area contributed by atoms with E-state index in [9.17, 15) is 14.4 Å². The number of nitrogens with zero attached hydrogens (tertiary/aromatic N) is 2. The molecule has 1 N–H and O–H groups in total. The van der Waals surface area contributed by atoms with Crippen molar-refractivity contribution in [1.82, 2.24) is 14.5 Å². The van der Waals surface area contributed by atoms with E-state index in [-0.39, 0.29) is 24.1 Å². The molecule has 3 heterocycles. The SMILES string of the molecule is Cc1ccc(-n2c(=O)c3oc4ccccc4c3n(CC(=O)NC[C@H]3CCCO3)c2=O)cc1. The van der Waals surface area contributed by atoms with Gasteiger partial charge in [-0.3, -0.25) is 14.2 Å². The molecule has 8 heteroatoms. The molecule has 1 aliphatic heterocycles. The second kappa shape index (κ2) is 8.12. The van der Waals surface area contributed by atoms with Gasteiger partial charge in [-0.15, -0.1) is 0 Å². The molecule has 2 aromatic carbocycles. The third-order valence-electron chi connectivity index (χ3n) is 5.80. The first kappa shape index (κ1) is 20.3. The number of nitrogens with one attached hydrogen (secondary N) is 1. The fourth-order valence-electron chi connectivity index (χ4n) is 4.15. The van der Waals surface area contributed by atoms with Crippen LogP contribution in [0.4, 0.5) is 0 Å². The standard InChI is InChI=1S/C24H23N3O5/c1-15-8-10-16(11-9-15)27-23(29)22-21(18-6-2-3-7-19(18)32-22)26(24(27)30)14-20(28)25-13-17-5-4-12-31-17/h2-3,6-11,17H,4-5,12-14H2,1H3,(H,25,28)/t17-/m1/s1. The number of amides is 1. The highest BCUT2D eigenvalue weighted by Crippen LogP contribution is 2.25. The van der Waals surface area contributed by atoms with Gasteiger partial charge in [0.1, 0.15) is 17.6 Å². The number of aryl methyl sites for hydroxylation is 1. The Bertz CT molecular complexity index is 1420. The number of para-hydroxylation sites is 1. The molecule has 1 atom stereocenters. The summed E-state index contributed by atoms with van der Waals surface area (Å²) in [7, 11) is 0. The minimum absolute atomic E-state index is 0.00745. The predicted molar refractivity (Wildman–Crippen MR) is 120 cm³/mol. The fourth-order valence-corrected chi connectivity index (χ4v) is 4.15. The zero-order valence-electron chi connectivity index (χ0n) is 17.7. The number of hydrogen-bond donors (Lipinski definition) is 1. The number of rotatable bonds is 5. The van der Waals surface area contributed by atoms with E-state index >= 15 is 0 Å². The minimum atomic E-state index is -0.592. The Morgan fingerprint density at radius 1 is 1.12 bits per heavy atom. The van der Waals surface area contributed by atoms with Gasteiger partial charge in [-0.1, -0.05) is 29.8 Å². The molecule has 32 heavy (non-hydrogen) atoms. The average Bonchev–Trinajstić information content (AvgIpc) is 3.45. The number of aromatic nitrogens is 2. The van der Waals surface area contributed by atoms with Crippen molar-refractivity contribution in [2.45, 2.75) is 32.4 Å². The molecule has 1 saturated heterocycles. The number of furan rings is 1. The van der Waals surface area contributed by atoms with Crippen LogP contribution in [-0.2, 0) is 16.1 Å². The van der Waals surface area contributed by atoms with E-state index in [0.717, 1.165) is 23.0 Å². The summed E-state index contributed by atoms with van der Waals surface area (Å²) in [6, 6.07) is 14.2. The molecule has 164 valence electrons. The van der Waals surface area contributed by atoms with Gasteiger partial charge >= 0.3 is 11.2 Å². The lowest BCUT2D eigenvalue weighted by atomic mass is 10.2. The number of ether oxygens (including phenoxy) is 1. The first-order valence-electron chi connectivity index (χ1n) is 10.7. The summed E-state index contributed by atoms with van der Waals surface area (Å²) in [6.07, 6.45) is 1.87. The second-order valence-corrected chi connectivity index (χ2v) is 8.06. The Balaban J connectivity index is 1.65. The highest BCUT2D eigenvalue weighted by molar-refractivity contribution is 6.02. The molecule has 0 bridgehead atoms. The van der Waals surface area contributed by atoms with E-state index in [0.29, 0.717) is 35.3 Å². The van der Waals surface area contributed by atoms with E-state index in [1.807, 2.05) is 19.1 Å². The maximum atomic E-state index is 13.5. The van der Waals surface area contributed by atoms with Crippen molar-refractivity contribution in [3.05, 3.63) is 74.9 Å². The summed E-state index contributed by atoms with van der Waals surface area (Å²) >= 11 is 0. The third-order valence-corrected chi connectivity index (χ3v) is 5.80. The number of carbonyl (C=O) groups excluding carboxylic acids is 1. The topological polar surface area (TPSA) is 95.5 Å². The normalized spacial score (nSPS) is 16.1. The molecule has 2 aromatic heterocycles. The Kier molecular flexibility index (Phi) is 5.14. The van der Waals surface area contributed by atoms with Gasteiger partial charge in [0.05, 0.1) is 11.8 Å². The highest BCUT2D eigenvalue weighted by Gasteiger charge is 2.23. The van der Waals surface area contributed by atoms with Gasteiger partial charge in [0.15, 0.2) is 0 Å². The number of benzene rings is 2. The fraction of sp³-hybridized carbons (Fsp3) is 0.292. The van der Waals surface area contributed by atoms with Crippen LogP contribution < -0.4 is 16.6 Å². The maximum Gasteiger partial charge on any atom is 0.336 e. The third kappa shape index (κ3) is 3.52. The first-order chi connectivity index (χ1) is 15.5. The van der Waals surface area contributed by atoms with Gasteiger partial charge in [0.25, 0.3) is 0 Å². The van der Waals surface area contributed by atoms with Gasteiger partial charge in [0.2, 0.25) is 11.5 Å². The summed E-state index contributed by atoms with van der Waals surface area (Å²) < 4.78 is 13.8. The molecule has 0 radical (unpaired) electrons. The largest absolute Gasteiger partial charge is 0.449 e. The van der Waals surface area contributed by atoms with Crippen LogP contribution in [0.5, 0.6) is 0 Å². The molecule has 1 aliphatic rings. The van der Waals surface area contributed by atoms with Gasteiger partial charge in [-0.05, 0) is 44.0 Å². The van der Waals surface area contributed by atoms with Crippen LogP contribution in [0.2, 0.25) is 0 Å². The van der Waals surface area contributed by atoms with E-state index in [4.69, 9.17) is 9.15 Å². The summed E-state index contributed by atoms with van der Waals surface area (Å²) in [4.78, 5) is 39.5. The molecule has 0 spiro atoms. The Morgan fingerprint density at radius 2 is 1.91 bits per heavy atom.